The molecule has 2 bridgehead atoms. The van der Waals surface area contributed by atoms with Gasteiger partial charge in [-0.3, -0.25) is 38.4 Å². The molecule has 66 heavy (non-hydrogen) atoms. The van der Waals surface area contributed by atoms with Crippen LogP contribution in [0.3, 0.4) is 0 Å². The van der Waals surface area contributed by atoms with Gasteiger partial charge in [0.25, 0.3) is 0 Å². The maximum absolute atomic E-state index is 15.0. The maximum atomic E-state index is 15.0. The van der Waals surface area contributed by atoms with Crippen LogP contribution in [-0.4, -0.2) is 135 Å². The first-order valence-corrected chi connectivity index (χ1v) is 22.1. The number of nitrogens with zero attached hydrogens (tertiary/aromatic N) is 2. The number of aliphatic hydroxyl groups excluding tert-OH is 1. The van der Waals surface area contributed by atoms with E-state index in [1.165, 1.54) is 26.1 Å². The Labute approximate surface area is 384 Å². The summed E-state index contributed by atoms with van der Waals surface area (Å²) in [7, 11) is 1.36. The van der Waals surface area contributed by atoms with E-state index in [-0.39, 0.29) is 56.6 Å². The number of nitrogens with one attached hydrogen (secondary N) is 5. The Balaban J connectivity index is 1.88. The smallest absolute Gasteiger partial charge is 0.329 e. The molecular formula is C46H64N8O12. The molecule has 8 amide bonds. The number of ether oxygens (including phenoxy) is 1. The number of fused-ring (bicyclic) bond motifs is 2. The van der Waals surface area contributed by atoms with Crippen molar-refractivity contribution in [3.05, 3.63) is 65.7 Å². The normalized spacial score (nSPS) is 25.4. The zero-order valence-electron chi connectivity index (χ0n) is 38.4. The number of likely N-dealkylation sites (N-methyl/N-ethyl adjacent to an activating group) is 1. The average Bonchev–Trinajstić information content (AvgIpc) is 3.25. The van der Waals surface area contributed by atoms with Gasteiger partial charge in [0.2, 0.25) is 47.3 Å². The molecule has 2 aliphatic rings. The summed E-state index contributed by atoms with van der Waals surface area (Å²) in [5.74, 6) is -8.50. The van der Waals surface area contributed by atoms with Crippen LogP contribution in [0.1, 0.15) is 84.8 Å². The Morgan fingerprint density at radius 3 is 2.05 bits per heavy atom. The highest BCUT2D eigenvalue weighted by molar-refractivity contribution is 5.98. The topological polar surface area (TPSA) is 296 Å². The van der Waals surface area contributed by atoms with Crippen molar-refractivity contribution >= 4 is 53.2 Å². The van der Waals surface area contributed by atoms with Crippen LogP contribution in [-0.2, 0) is 60.7 Å². The zero-order chi connectivity index (χ0) is 49.0. The largest absolute Gasteiger partial charge is 0.508 e. The number of aromatic hydroxyl groups is 1. The van der Waals surface area contributed by atoms with Crippen LogP contribution in [0.2, 0.25) is 0 Å². The van der Waals surface area contributed by atoms with E-state index in [1.807, 2.05) is 0 Å². The van der Waals surface area contributed by atoms with Crippen molar-refractivity contribution in [2.45, 2.75) is 141 Å². The number of carbonyl (C=O) groups excluding carboxylic acids is 9. The Kier molecular flexibility index (Phi) is 18.6. The number of esters is 1. The van der Waals surface area contributed by atoms with Crippen molar-refractivity contribution in [2.24, 2.45) is 17.6 Å². The number of primary amides is 1. The van der Waals surface area contributed by atoms with Crippen molar-refractivity contribution in [3.63, 3.8) is 0 Å². The number of hydrogen-bond acceptors (Lipinski definition) is 12. The van der Waals surface area contributed by atoms with Gasteiger partial charge in [-0.15, -0.1) is 0 Å². The van der Waals surface area contributed by atoms with E-state index in [0.29, 0.717) is 11.1 Å². The van der Waals surface area contributed by atoms with Gasteiger partial charge < -0.3 is 57.1 Å². The second-order valence-electron chi connectivity index (χ2n) is 17.7. The summed E-state index contributed by atoms with van der Waals surface area (Å²) >= 11 is 0. The Morgan fingerprint density at radius 2 is 1.45 bits per heavy atom. The van der Waals surface area contributed by atoms with Crippen LogP contribution in [0, 0.1) is 11.8 Å². The van der Waals surface area contributed by atoms with Gasteiger partial charge >= 0.3 is 5.97 Å². The van der Waals surface area contributed by atoms with Gasteiger partial charge in [0.05, 0.1) is 0 Å². The Hall–Kier alpha value is -6.57. The summed E-state index contributed by atoms with van der Waals surface area (Å²) in [6.07, 6.45) is -3.91. The molecule has 0 aliphatic carbocycles. The van der Waals surface area contributed by atoms with Crippen LogP contribution in [0.25, 0.3) is 0 Å². The number of benzene rings is 2. The maximum Gasteiger partial charge on any atom is 0.329 e. The van der Waals surface area contributed by atoms with Crippen LogP contribution < -0.4 is 32.3 Å². The van der Waals surface area contributed by atoms with Crippen molar-refractivity contribution in [2.75, 3.05) is 7.05 Å². The molecule has 2 aromatic rings. The molecule has 9 unspecified atom stereocenters. The summed E-state index contributed by atoms with van der Waals surface area (Å²) in [4.78, 5) is 127. The number of hydrogen-bond donors (Lipinski definition) is 8. The molecule has 20 heteroatoms. The monoisotopic (exact) mass is 920 g/mol. The fourth-order valence-corrected chi connectivity index (χ4v) is 7.95. The lowest BCUT2D eigenvalue weighted by Crippen LogP contribution is -2.65. The predicted molar refractivity (Wildman–Crippen MR) is 238 cm³/mol. The third-order valence-electron chi connectivity index (χ3n) is 11.6. The molecule has 0 spiro atoms. The quantitative estimate of drug-likeness (QED) is 0.120. The van der Waals surface area contributed by atoms with Gasteiger partial charge in [-0.2, -0.15) is 0 Å². The molecule has 360 valence electrons. The van der Waals surface area contributed by atoms with Crippen molar-refractivity contribution in [3.8, 4) is 5.75 Å². The summed E-state index contributed by atoms with van der Waals surface area (Å²) in [6.45, 7) is 9.23. The van der Waals surface area contributed by atoms with Gasteiger partial charge in [-0.1, -0.05) is 70.2 Å². The number of rotatable bonds is 13. The van der Waals surface area contributed by atoms with Gasteiger partial charge in [-0.25, -0.2) is 4.79 Å². The van der Waals surface area contributed by atoms with E-state index in [9.17, 15) is 53.4 Å². The second kappa shape index (κ2) is 23.6. The lowest BCUT2D eigenvalue weighted by molar-refractivity contribution is -0.165. The number of phenols is 1. The molecule has 9 N–H and O–H groups in total. The fraction of sp³-hybridized carbons (Fsp3) is 0.543. The van der Waals surface area contributed by atoms with Gasteiger partial charge in [0.1, 0.15) is 60.4 Å². The first-order chi connectivity index (χ1) is 31.1. The van der Waals surface area contributed by atoms with Gasteiger partial charge in [0.15, 0.2) is 0 Å². The van der Waals surface area contributed by atoms with Crippen LogP contribution in [0.5, 0.6) is 5.75 Å². The van der Waals surface area contributed by atoms with Gasteiger partial charge in [0, 0.05) is 33.2 Å². The minimum atomic E-state index is -1.74. The predicted octanol–water partition coefficient (Wildman–Crippen LogP) is -0.329. The number of amides is 8. The highest BCUT2D eigenvalue weighted by Gasteiger charge is 2.46. The van der Waals surface area contributed by atoms with Crippen molar-refractivity contribution < 1.29 is 58.1 Å². The molecule has 0 saturated carbocycles. The molecule has 20 nitrogen and oxygen atoms in total. The number of phenolic OH excluding ortho intramolecular Hbond substituents is 1. The average molecular weight is 921 g/mol. The van der Waals surface area contributed by atoms with E-state index in [4.69, 9.17) is 10.5 Å². The molecule has 4 rings (SSSR count). The molecule has 2 saturated heterocycles. The molecule has 0 aromatic heterocycles. The third kappa shape index (κ3) is 14.2. The van der Waals surface area contributed by atoms with Crippen LogP contribution in [0.15, 0.2) is 54.6 Å². The molecule has 2 aromatic carbocycles. The minimum Gasteiger partial charge on any atom is -0.508 e. The molecule has 2 aliphatic heterocycles. The number of nitrogens with two attached hydrogens (primary N) is 1. The summed E-state index contributed by atoms with van der Waals surface area (Å²) in [5, 5.41) is 34.5. The highest BCUT2D eigenvalue weighted by atomic mass is 16.5. The van der Waals surface area contributed by atoms with Gasteiger partial charge in [-0.05, 0) is 67.7 Å². The molecule has 2 heterocycles. The minimum absolute atomic E-state index is 0.0244. The molecule has 9 atom stereocenters. The summed E-state index contributed by atoms with van der Waals surface area (Å²) in [5.41, 5.74) is 6.44. The van der Waals surface area contributed by atoms with E-state index in [1.54, 1.807) is 70.2 Å². The van der Waals surface area contributed by atoms with Crippen LogP contribution in [0.4, 0.5) is 0 Å². The SMILES string of the molecule is CC(=O)NC(CCC(N)=O)C(=O)NC1C(=O)NC(CC(C)C)C(=O)NC2CCC(O)N(C2=O)C(Cc2ccccc2)C(=O)N(C)C(Cc2ccc(O)cc2)C(=O)NC(C(C)C)C(=O)OC1C. The van der Waals surface area contributed by atoms with Crippen molar-refractivity contribution in [1.82, 2.24) is 36.4 Å². The van der Waals surface area contributed by atoms with Crippen LogP contribution >= 0.6 is 0 Å². The Bertz CT molecular complexity index is 2080. The van der Waals surface area contributed by atoms with E-state index in [2.05, 4.69) is 26.6 Å². The lowest BCUT2D eigenvalue weighted by Gasteiger charge is -2.43. The first kappa shape index (κ1) is 52.1. The highest BCUT2D eigenvalue weighted by Crippen LogP contribution is 2.26. The third-order valence-corrected chi connectivity index (χ3v) is 11.6. The Morgan fingerprint density at radius 1 is 0.833 bits per heavy atom. The number of carbonyl (C=O) groups is 9. The molecule has 0 radical (unpaired) electrons. The fourth-order valence-electron chi connectivity index (χ4n) is 7.95. The standard InChI is InChI=1S/C46H64N8O12/c1-24(2)21-33-41(60)49-32-18-20-37(58)54(44(32)63)35(23-28-11-9-8-10-12-28)45(64)53(7)34(22-29-13-15-30(56)16-14-29)42(61)51-38(25(3)4)46(65)66-26(5)39(43(62)50-33)52-40(59)31(48-27(6)55)17-19-36(47)57/h8-16,24-26,31-35,37-39,56,58H,17-23H2,1-7H3,(H2,47,57)(H,48,55)(H,49,60)(H,50,62)(H,51,61)(H,52,59). The molecule has 2 fully saturated rings. The van der Waals surface area contributed by atoms with Crippen molar-refractivity contribution in [1.29, 1.82) is 0 Å². The number of aliphatic hydroxyl groups is 1. The summed E-state index contributed by atoms with van der Waals surface area (Å²) < 4.78 is 5.83. The van der Waals surface area contributed by atoms with E-state index < -0.39 is 114 Å². The number of cyclic esters (lactones) is 1. The first-order valence-electron chi connectivity index (χ1n) is 22.1. The summed E-state index contributed by atoms with van der Waals surface area (Å²) in [6, 6.07) is 4.67. The molecular weight excluding hydrogens is 857 g/mol. The van der Waals surface area contributed by atoms with E-state index >= 15 is 0 Å². The number of piperidine rings is 1. The second-order valence-corrected chi connectivity index (χ2v) is 17.7. The zero-order valence-corrected chi connectivity index (χ0v) is 38.4. The lowest BCUT2D eigenvalue weighted by atomic mass is 9.95. The van der Waals surface area contributed by atoms with E-state index in [0.717, 1.165) is 16.7 Å².